The van der Waals surface area contributed by atoms with E-state index in [0.29, 0.717) is 6.04 Å². The van der Waals surface area contributed by atoms with Crippen LogP contribution in [0.25, 0.3) is 0 Å². The average molecular weight is 375 g/mol. The number of benzene rings is 1. The summed E-state index contributed by atoms with van der Waals surface area (Å²) in [6.45, 7) is 7.21. The third-order valence-electron chi connectivity index (χ3n) is 7.47. The molecule has 1 aromatic rings. The number of piperidine rings is 1. The van der Waals surface area contributed by atoms with E-state index in [1.54, 1.807) is 12.1 Å². The summed E-state index contributed by atoms with van der Waals surface area (Å²) in [4.78, 5) is 5.13. The minimum absolute atomic E-state index is 0.111. The molecule has 1 atom stereocenters. The smallest absolute Gasteiger partial charge is 0.123 e. The minimum Gasteiger partial charge on any atom is -0.394 e. The molecular formula is C23H35FN2O. The van der Waals surface area contributed by atoms with E-state index in [2.05, 4.69) is 23.6 Å². The lowest BCUT2D eigenvalue weighted by atomic mass is 9.79. The number of aliphatic hydroxyl groups excluding tert-OH is 1. The Hall–Kier alpha value is -1.13. The van der Waals surface area contributed by atoms with Crippen LogP contribution in [0.4, 0.5) is 10.1 Å². The van der Waals surface area contributed by atoms with Gasteiger partial charge < -0.3 is 14.9 Å². The molecule has 0 aromatic heterocycles. The van der Waals surface area contributed by atoms with Crippen LogP contribution >= 0.6 is 0 Å². The average Bonchev–Trinajstić information content (AvgIpc) is 3.05. The van der Waals surface area contributed by atoms with Gasteiger partial charge in [-0.3, -0.25) is 0 Å². The molecule has 1 saturated heterocycles. The van der Waals surface area contributed by atoms with Gasteiger partial charge in [0.1, 0.15) is 5.82 Å². The maximum absolute atomic E-state index is 13.6. The van der Waals surface area contributed by atoms with Gasteiger partial charge in [0.2, 0.25) is 0 Å². The van der Waals surface area contributed by atoms with Crippen molar-refractivity contribution in [3.05, 3.63) is 29.6 Å². The van der Waals surface area contributed by atoms with Crippen molar-refractivity contribution in [3.8, 4) is 0 Å². The Morgan fingerprint density at radius 2 is 1.74 bits per heavy atom. The van der Waals surface area contributed by atoms with E-state index in [9.17, 15) is 9.50 Å². The fourth-order valence-corrected chi connectivity index (χ4v) is 5.83. The molecule has 3 nitrogen and oxygen atoms in total. The zero-order valence-corrected chi connectivity index (χ0v) is 16.9. The van der Waals surface area contributed by atoms with E-state index in [-0.39, 0.29) is 18.5 Å². The van der Waals surface area contributed by atoms with Gasteiger partial charge in [-0.2, -0.15) is 0 Å². The number of rotatable bonds is 4. The van der Waals surface area contributed by atoms with Crippen LogP contribution in [0.2, 0.25) is 0 Å². The first-order valence-electron chi connectivity index (χ1n) is 11.0. The highest BCUT2D eigenvalue weighted by molar-refractivity contribution is 5.60. The predicted molar refractivity (Wildman–Crippen MR) is 109 cm³/mol. The fourth-order valence-electron chi connectivity index (χ4n) is 5.83. The van der Waals surface area contributed by atoms with Crippen LogP contribution in [0.15, 0.2) is 18.2 Å². The summed E-state index contributed by atoms with van der Waals surface area (Å²) in [6.07, 6.45) is 8.56. The van der Waals surface area contributed by atoms with Crippen LogP contribution in [0.3, 0.4) is 0 Å². The van der Waals surface area contributed by atoms with Gasteiger partial charge in [-0.05, 0) is 80.5 Å². The highest BCUT2D eigenvalue weighted by Gasteiger charge is 2.37. The molecule has 1 N–H and O–H groups in total. The molecule has 150 valence electrons. The molecule has 2 heterocycles. The first-order valence-corrected chi connectivity index (χ1v) is 11.0. The largest absolute Gasteiger partial charge is 0.394 e. The Morgan fingerprint density at radius 1 is 1.04 bits per heavy atom. The van der Waals surface area contributed by atoms with E-state index in [0.717, 1.165) is 61.5 Å². The van der Waals surface area contributed by atoms with E-state index >= 15 is 0 Å². The second kappa shape index (κ2) is 8.08. The third-order valence-corrected chi connectivity index (χ3v) is 7.47. The maximum atomic E-state index is 13.6. The van der Waals surface area contributed by atoms with Crippen molar-refractivity contribution in [3.63, 3.8) is 0 Å². The first-order chi connectivity index (χ1) is 13.1. The predicted octanol–water partition coefficient (Wildman–Crippen LogP) is 4.23. The van der Waals surface area contributed by atoms with Crippen LogP contribution in [0.5, 0.6) is 0 Å². The standard InChI is InChI=1S/C23H35FN2O/c1-16(2)17-3-6-20(7-4-17)25-11-9-21(10-12-25)26-22(15-27)14-18-13-19(24)5-8-23(18)26/h5,8,13,16-17,20-22,27H,3-4,6-7,9-12,14-15H2,1-2H3. The van der Waals surface area contributed by atoms with Gasteiger partial charge in [-0.25, -0.2) is 4.39 Å². The monoisotopic (exact) mass is 374 g/mol. The normalized spacial score (nSPS) is 30.1. The molecule has 1 aromatic carbocycles. The Labute approximate surface area is 163 Å². The topological polar surface area (TPSA) is 26.7 Å². The fraction of sp³-hybridized carbons (Fsp3) is 0.739. The summed E-state index contributed by atoms with van der Waals surface area (Å²) < 4.78 is 13.6. The van der Waals surface area contributed by atoms with E-state index < -0.39 is 0 Å². The van der Waals surface area contributed by atoms with Crippen molar-refractivity contribution in [1.82, 2.24) is 4.90 Å². The number of halogens is 1. The first kappa shape index (κ1) is 19.2. The Balaban J connectivity index is 1.37. The van der Waals surface area contributed by atoms with Crippen molar-refractivity contribution in [2.24, 2.45) is 11.8 Å². The van der Waals surface area contributed by atoms with Gasteiger partial charge in [0, 0.05) is 30.9 Å². The van der Waals surface area contributed by atoms with E-state index in [1.165, 1.54) is 25.7 Å². The molecular weight excluding hydrogens is 339 g/mol. The number of likely N-dealkylation sites (tertiary alicyclic amines) is 1. The van der Waals surface area contributed by atoms with Gasteiger partial charge in [0.15, 0.2) is 0 Å². The van der Waals surface area contributed by atoms with Crippen LogP contribution in [-0.4, -0.2) is 47.8 Å². The molecule has 4 heteroatoms. The zero-order chi connectivity index (χ0) is 19.0. The number of nitrogens with zero attached hydrogens (tertiary/aromatic N) is 2. The highest BCUT2D eigenvalue weighted by Crippen LogP contribution is 2.38. The maximum Gasteiger partial charge on any atom is 0.123 e. The Bertz CT molecular complexity index is 633. The molecule has 0 radical (unpaired) electrons. The second-order valence-electron chi connectivity index (χ2n) is 9.30. The number of anilines is 1. The molecule has 3 aliphatic rings. The molecule has 2 fully saturated rings. The lowest BCUT2D eigenvalue weighted by molar-refractivity contribution is 0.0956. The van der Waals surface area contributed by atoms with Crippen molar-refractivity contribution in [2.75, 3.05) is 24.6 Å². The number of aliphatic hydroxyl groups is 1. The van der Waals surface area contributed by atoms with Crippen molar-refractivity contribution >= 4 is 5.69 Å². The third kappa shape index (κ3) is 3.88. The molecule has 1 unspecified atom stereocenters. The second-order valence-corrected chi connectivity index (χ2v) is 9.30. The summed E-state index contributed by atoms with van der Waals surface area (Å²) in [5.74, 6) is 1.58. The van der Waals surface area contributed by atoms with Crippen LogP contribution in [0.1, 0.15) is 57.9 Å². The van der Waals surface area contributed by atoms with Gasteiger partial charge in [-0.1, -0.05) is 13.8 Å². The summed E-state index contributed by atoms with van der Waals surface area (Å²) in [5, 5.41) is 9.89. The number of fused-ring (bicyclic) bond motifs is 1. The number of hydrogen-bond acceptors (Lipinski definition) is 3. The molecule has 4 rings (SSSR count). The molecule has 27 heavy (non-hydrogen) atoms. The van der Waals surface area contributed by atoms with Crippen molar-refractivity contribution in [2.45, 2.75) is 76.9 Å². The SMILES string of the molecule is CC(C)C1CCC(N2CCC(N3c4ccc(F)cc4CC3CO)CC2)CC1. The van der Waals surface area contributed by atoms with Crippen molar-refractivity contribution < 1.29 is 9.50 Å². The summed E-state index contributed by atoms with van der Waals surface area (Å²) in [5.41, 5.74) is 2.20. The van der Waals surface area contributed by atoms with Crippen LogP contribution in [0, 0.1) is 17.7 Å². The molecule has 0 bridgehead atoms. The van der Waals surface area contributed by atoms with E-state index in [4.69, 9.17) is 0 Å². The van der Waals surface area contributed by atoms with Gasteiger partial charge >= 0.3 is 0 Å². The zero-order valence-electron chi connectivity index (χ0n) is 16.9. The number of hydrogen-bond donors (Lipinski definition) is 1. The quantitative estimate of drug-likeness (QED) is 0.854. The molecule has 2 aliphatic heterocycles. The molecule has 0 amide bonds. The van der Waals surface area contributed by atoms with Crippen LogP contribution in [-0.2, 0) is 6.42 Å². The van der Waals surface area contributed by atoms with Gasteiger partial charge in [-0.15, -0.1) is 0 Å². The summed E-state index contributed by atoms with van der Waals surface area (Å²) in [7, 11) is 0. The van der Waals surface area contributed by atoms with Gasteiger partial charge in [0.25, 0.3) is 0 Å². The summed E-state index contributed by atoms with van der Waals surface area (Å²) in [6, 6.07) is 6.49. The lowest BCUT2D eigenvalue weighted by Gasteiger charge is -2.45. The Kier molecular flexibility index (Phi) is 5.75. The molecule has 0 spiro atoms. The van der Waals surface area contributed by atoms with Crippen LogP contribution < -0.4 is 4.90 Å². The molecule has 1 aliphatic carbocycles. The van der Waals surface area contributed by atoms with Crippen molar-refractivity contribution in [1.29, 1.82) is 0 Å². The lowest BCUT2D eigenvalue weighted by Crippen LogP contribution is -2.51. The highest BCUT2D eigenvalue weighted by atomic mass is 19.1. The van der Waals surface area contributed by atoms with Gasteiger partial charge in [0.05, 0.1) is 12.6 Å². The Morgan fingerprint density at radius 3 is 2.37 bits per heavy atom. The summed E-state index contributed by atoms with van der Waals surface area (Å²) >= 11 is 0. The molecule has 1 saturated carbocycles. The van der Waals surface area contributed by atoms with E-state index in [1.807, 2.05) is 6.07 Å². The minimum atomic E-state index is -0.167.